The van der Waals surface area contributed by atoms with E-state index in [-0.39, 0.29) is 30.6 Å². The van der Waals surface area contributed by atoms with Crippen LogP contribution in [0.15, 0.2) is 54.6 Å². The van der Waals surface area contributed by atoms with Gasteiger partial charge in [0.25, 0.3) is 0 Å². The van der Waals surface area contributed by atoms with Crippen LogP contribution in [0.3, 0.4) is 0 Å². The highest BCUT2D eigenvalue weighted by atomic mass is 35.5. The van der Waals surface area contributed by atoms with Crippen molar-refractivity contribution in [2.24, 2.45) is 0 Å². The second-order valence-corrected chi connectivity index (χ2v) is 7.65. The molecule has 0 atom stereocenters. The van der Waals surface area contributed by atoms with Gasteiger partial charge >= 0.3 is 6.03 Å². The van der Waals surface area contributed by atoms with E-state index in [0.717, 1.165) is 11.1 Å². The zero-order chi connectivity index (χ0) is 22.4. The Morgan fingerprint density at radius 1 is 1.13 bits per heavy atom. The maximum absolute atomic E-state index is 11.6. The van der Waals surface area contributed by atoms with Crippen LogP contribution in [0.25, 0.3) is 22.4 Å². The number of hydrogen-bond donors (Lipinski definition) is 1. The van der Waals surface area contributed by atoms with Crippen LogP contribution in [0.1, 0.15) is 5.56 Å². The van der Waals surface area contributed by atoms with Gasteiger partial charge in [-0.2, -0.15) is 5.26 Å². The first-order chi connectivity index (χ1) is 14.9. The average molecular weight is 455 g/mol. The van der Waals surface area contributed by atoms with Gasteiger partial charge in [-0.25, -0.2) is 9.78 Å². The number of aromatic nitrogens is 1. The molecule has 0 spiro atoms. The van der Waals surface area contributed by atoms with Gasteiger partial charge in [0.05, 0.1) is 12.2 Å². The fourth-order valence-electron chi connectivity index (χ4n) is 2.86. The van der Waals surface area contributed by atoms with Crippen molar-refractivity contribution in [2.75, 3.05) is 27.2 Å². The lowest BCUT2D eigenvalue weighted by Crippen LogP contribution is -2.36. The Hall–Kier alpha value is -3.27. The number of amides is 2. The van der Waals surface area contributed by atoms with Crippen molar-refractivity contribution in [3.8, 4) is 34.3 Å². The van der Waals surface area contributed by atoms with Gasteiger partial charge in [-0.15, -0.1) is 0 Å². The average Bonchev–Trinajstić information content (AvgIpc) is 2.77. The highest BCUT2D eigenvalue weighted by Gasteiger charge is 2.18. The summed E-state index contributed by atoms with van der Waals surface area (Å²) in [4.78, 5) is 17.7. The topological polar surface area (TPSA) is 78.2 Å². The van der Waals surface area contributed by atoms with E-state index in [4.69, 9.17) is 27.9 Å². The first-order valence-corrected chi connectivity index (χ1v) is 10.2. The largest absolute Gasteiger partial charge is 0.475 e. The number of carbonyl (C=O) groups is 1. The molecule has 158 valence electrons. The quantitative estimate of drug-likeness (QED) is 0.516. The number of halogens is 2. The molecule has 0 saturated heterocycles. The van der Waals surface area contributed by atoms with Crippen LogP contribution in [0, 0.1) is 11.3 Å². The standard InChI is InChI=1S/C23H20Cl2N4O2/c1-29(2)23(30)27-11-12-31-22-16(14-26)13-19(15-7-9-17(24)10-8-15)21(28-22)18-5-3-4-6-20(18)25/h3-10,13H,11-12H2,1-2H3,(H,27,30). The van der Waals surface area contributed by atoms with E-state index in [2.05, 4.69) is 16.4 Å². The minimum atomic E-state index is -0.230. The van der Waals surface area contributed by atoms with Gasteiger partial charge < -0.3 is 15.0 Å². The van der Waals surface area contributed by atoms with Gasteiger partial charge in [0.15, 0.2) is 0 Å². The van der Waals surface area contributed by atoms with Crippen LogP contribution in [-0.2, 0) is 0 Å². The maximum Gasteiger partial charge on any atom is 0.316 e. The molecule has 31 heavy (non-hydrogen) atoms. The molecular weight excluding hydrogens is 435 g/mol. The van der Waals surface area contributed by atoms with Gasteiger partial charge in [-0.3, -0.25) is 0 Å². The predicted octanol–water partition coefficient (Wildman–Crippen LogP) is 5.24. The molecule has 1 N–H and O–H groups in total. The zero-order valence-electron chi connectivity index (χ0n) is 17.0. The molecule has 0 bridgehead atoms. The van der Waals surface area contributed by atoms with E-state index < -0.39 is 0 Å². The number of nitrogens with one attached hydrogen (secondary N) is 1. The highest BCUT2D eigenvalue weighted by Crippen LogP contribution is 2.37. The Balaban J connectivity index is 2.00. The summed E-state index contributed by atoms with van der Waals surface area (Å²) in [5.74, 6) is 0.175. The lowest BCUT2D eigenvalue weighted by molar-refractivity contribution is 0.213. The summed E-state index contributed by atoms with van der Waals surface area (Å²) in [5.41, 5.74) is 3.14. The fraction of sp³-hybridized carbons (Fsp3) is 0.174. The van der Waals surface area contributed by atoms with E-state index in [9.17, 15) is 10.1 Å². The van der Waals surface area contributed by atoms with Crippen LogP contribution in [0.4, 0.5) is 4.79 Å². The monoisotopic (exact) mass is 454 g/mol. The van der Waals surface area contributed by atoms with Crippen molar-refractivity contribution in [1.29, 1.82) is 5.26 Å². The summed E-state index contributed by atoms with van der Waals surface area (Å²) in [6.07, 6.45) is 0. The second kappa shape index (κ2) is 10.2. The van der Waals surface area contributed by atoms with Crippen molar-refractivity contribution >= 4 is 29.2 Å². The van der Waals surface area contributed by atoms with Gasteiger partial charge in [-0.1, -0.05) is 53.5 Å². The smallest absolute Gasteiger partial charge is 0.316 e. The zero-order valence-corrected chi connectivity index (χ0v) is 18.5. The summed E-state index contributed by atoms with van der Waals surface area (Å²) < 4.78 is 5.74. The second-order valence-electron chi connectivity index (χ2n) is 6.81. The summed E-state index contributed by atoms with van der Waals surface area (Å²) >= 11 is 12.5. The fourth-order valence-corrected chi connectivity index (χ4v) is 3.21. The van der Waals surface area contributed by atoms with E-state index in [1.54, 1.807) is 38.4 Å². The third-order valence-electron chi connectivity index (χ3n) is 4.42. The molecule has 6 nitrogen and oxygen atoms in total. The van der Waals surface area contributed by atoms with Gasteiger partial charge in [0.2, 0.25) is 5.88 Å². The van der Waals surface area contributed by atoms with Crippen molar-refractivity contribution < 1.29 is 9.53 Å². The Morgan fingerprint density at radius 3 is 2.48 bits per heavy atom. The van der Waals surface area contributed by atoms with Crippen molar-refractivity contribution in [3.05, 3.63) is 70.2 Å². The molecule has 0 fully saturated rings. The van der Waals surface area contributed by atoms with Gasteiger partial charge in [-0.05, 0) is 29.8 Å². The Labute approximate surface area is 191 Å². The molecule has 8 heteroatoms. The van der Waals surface area contributed by atoms with Crippen molar-refractivity contribution in [2.45, 2.75) is 0 Å². The molecule has 3 rings (SSSR count). The van der Waals surface area contributed by atoms with Crippen molar-refractivity contribution in [1.82, 2.24) is 15.2 Å². The maximum atomic E-state index is 11.6. The molecule has 2 aromatic carbocycles. The minimum Gasteiger partial charge on any atom is -0.475 e. The SMILES string of the molecule is CN(C)C(=O)NCCOc1nc(-c2ccccc2Cl)c(-c2ccc(Cl)cc2)cc1C#N. The molecule has 3 aromatic rings. The van der Waals surface area contributed by atoms with Crippen LogP contribution in [0.5, 0.6) is 5.88 Å². The molecule has 0 saturated carbocycles. The van der Waals surface area contributed by atoms with Crippen LogP contribution in [0.2, 0.25) is 10.0 Å². The van der Waals surface area contributed by atoms with Crippen LogP contribution < -0.4 is 10.1 Å². The molecule has 0 radical (unpaired) electrons. The molecule has 0 aliphatic carbocycles. The van der Waals surface area contributed by atoms with E-state index in [1.165, 1.54) is 4.90 Å². The third kappa shape index (κ3) is 5.46. The van der Waals surface area contributed by atoms with E-state index >= 15 is 0 Å². The van der Waals surface area contributed by atoms with E-state index in [0.29, 0.717) is 21.3 Å². The summed E-state index contributed by atoms with van der Waals surface area (Å²) in [6, 6.07) is 18.2. The molecule has 0 unspecified atom stereocenters. The molecular formula is C23H20Cl2N4O2. The summed E-state index contributed by atoms with van der Waals surface area (Å²) in [6.45, 7) is 0.424. The number of carbonyl (C=O) groups excluding carboxylic acids is 1. The highest BCUT2D eigenvalue weighted by molar-refractivity contribution is 6.33. The predicted molar refractivity (Wildman–Crippen MR) is 122 cm³/mol. The lowest BCUT2D eigenvalue weighted by atomic mass is 9.98. The summed E-state index contributed by atoms with van der Waals surface area (Å²) in [5, 5.41) is 13.5. The van der Waals surface area contributed by atoms with Crippen LogP contribution in [-0.4, -0.2) is 43.2 Å². The Bertz CT molecular complexity index is 1130. The molecule has 2 amide bonds. The third-order valence-corrected chi connectivity index (χ3v) is 5.00. The molecule has 1 aromatic heterocycles. The summed E-state index contributed by atoms with van der Waals surface area (Å²) in [7, 11) is 3.30. The van der Waals surface area contributed by atoms with Gasteiger partial charge in [0.1, 0.15) is 18.2 Å². The Kier molecular flexibility index (Phi) is 7.35. The number of urea groups is 1. The number of nitriles is 1. The lowest BCUT2D eigenvalue weighted by Gasteiger charge is -2.16. The Morgan fingerprint density at radius 2 is 1.84 bits per heavy atom. The molecule has 0 aliphatic heterocycles. The number of ether oxygens (including phenoxy) is 1. The van der Waals surface area contributed by atoms with E-state index in [1.807, 2.05) is 30.3 Å². The normalized spacial score (nSPS) is 10.3. The number of benzene rings is 2. The van der Waals surface area contributed by atoms with Crippen LogP contribution >= 0.6 is 23.2 Å². The molecule has 1 heterocycles. The van der Waals surface area contributed by atoms with Gasteiger partial charge in [0, 0.05) is 35.3 Å². The number of nitrogens with zero attached hydrogens (tertiary/aromatic N) is 3. The number of hydrogen-bond acceptors (Lipinski definition) is 4. The van der Waals surface area contributed by atoms with Crippen molar-refractivity contribution in [3.63, 3.8) is 0 Å². The number of pyridine rings is 1. The number of rotatable bonds is 6. The first kappa shape index (κ1) is 22.4. The minimum absolute atomic E-state index is 0.156. The molecule has 0 aliphatic rings. The first-order valence-electron chi connectivity index (χ1n) is 9.44.